The number of nitrogens with zero attached hydrogens (tertiary/aromatic N) is 1. The molecule has 0 N–H and O–H groups in total. The molecule has 0 bridgehead atoms. The molecule has 0 amide bonds. The summed E-state index contributed by atoms with van der Waals surface area (Å²) in [7, 11) is -3.56. The van der Waals surface area contributed by atoms with Crippen LogP contribution in [0.25, 0.3) is 0 Å². The Morgan fingerprint density at radius 3 is 2.46 bits per heavy atom. The Balaban J connectivity index is 1.71. The number of hydrogen-bond acceptors (Lipinski definition) is 3. The minimum Gasteiger partial charge on any atom is -0.492 e. The average Bonchev–Trinajstić information content (AvgIpc) is 2.64. The number of hydrogen-bond donors (Lipinski definition) is 0. The lowest BCUT2D eigenvalue weighted by atomic mass is 9.91. The third-order valence-corrected chi connectivity index (χ3v) is 7.18. The van der Waals surface area contributed by atoms with E-state index in [1.54, 1.807) is 22.5 Å². The number of halogens is 1. The molecule has 0 aromatic heterocycles. The minimum atomic E-state index is -3.56. The lowest BCUT2D eigenvalue weighted by Gasteiger charge is -2.31. The summed E-state index contributed by atoms with van der Waals surface area (Å²) < 4.78 is 34.1. The molecule has 1 saturated heterocycles. The van der Waals surface area contributed by atoms with Crippen LogP contribution in [-0.4, -0.2) is 32.4 Å². The lowest BCUT2D eigenvalue weighted by molar-refractivity contribution is 0.271. The summed E-state index contributed by atoms with van der Waals surface area (Å²) in [4.78, 5) is 0.246. The Morgan fingerprint density at radius 1 is 1.12 bits per heavy atom. The van der Waals surface area contributed by atoms with Crippen LogP contribution in [0.1, 0.15) is 25.3 Å². The monoisotopic (exact) mass is 437 g/mol. The van der Waals surface area contributed by atoms with Crippen molar-refractivity contribution in [1.82, 2.24) is 4.31 Å². The van der Waals surface area contributed by atoms with Crippen molar-refractivity contribution in [3.8, 4) is 5.75 Å². The Hall–Kier alpha value is -1.37. The predicted octanol–water partition coefficient (Wildman–Crippen LogP) is 4.49. The molecule has 140 valence electrons. The molecule has 0 saturated carbocycles. The van der Waals surface area contributed by atoms with E-state index in [1.165, 1.54) is 5.56 Å². The zero-order chi connectivity index (χ0) is 18.6. The van der Waals surface area contributed by atoms with Gasteiger partial charge in [0.2, 0.25) is 10.0 Å². The van der Waals surface area contributed by atoms with Crippen LogP contribution >= 0.6 is 15.9 Å². The van der Waals surface area contributed by atoms with Crippen LogP contribution in [0.5, 0.6) is 5.75 Å². The van der Waals surface area contributed by atoms with Gasteiger partial charge in [0.25, 0.3) is 0 Å². The van der Waals surface area contributed by atoms with E-state index in [-0.39, 0.29) is 4.90 Å². The smallest absolute Gasteiger partial charge is 0.246 e. The molecule has 2 aromatic carbocycles. The number of rotatable bonds is 6. The fourth-order valence-corrected chi connectivity index (χ4v) is 5.54. The molecular formula is C20H24BrNO3S. The van der Waals surface area contributed by atoms with Gasteiger partial charge in [0.1, 0.15) is 10.6 Å². The Kier molecular flexibility index (Phi) is 6.37. The summed E-state index contributed by atoms with van der Waals surface area (Å²) in [5.74, 6) is 0.944. The fourth-order valence-electron chi connectivity index (χ4n) is 3.40. The van der Waals surface area contributed by atoms with Gasteiger partial charge in [0.15, 0.2) is 0 Å². The molecule has 0 aliphatic carbocycles. The first-order valence-corrected chi connectivity index (χ1v) is 11.2. The molecule has 1 heterocycles. The summed E-state index contributed by atoms with van der Waals surface area (Å²) in [6.45, 7) is 3.40. The van der Waals surface area contributed by atoms with E-state index < -0.39 is 10.0 Å². The Labute approximate surface area is 164 Å². The highest BCUT2D eigenvalue weighted by atomic mass is 79.9. The van der Waals surface area contributed by atoms with Crippen LogP contribution in [0.3, 0.4) is 0 Å². The highest BCUT2D eigenvalue weighted by Gasteiger charge is 2.31. The summed E-state index contributed by atoms with van der Waals surface area (Å²) in [6, 6.07) is 15.6. The second-order valence-electron chi connectivity index (χ2n) is 6.56. The van der Waals surface area contributed by atoms with E-state index in [0.29, 0.717) is 31.4 Å². The maximum Gasteiger partial charge on any atom is 0.246 e. The number of ether oxygens (including phenoxy) is 1. The van der Waals surface area contributed by atoms with Gasteiger partial charge in [-0.25, -0.2) is 8.42 Å². The van der Waals surface area contributed by atoms with Crippen LogP contribution in [-0.2, 0) is 16.4 Å². The van der Waals surface area contributed by atoms with Gasteiger partial charge in [0, 0.05) is 17.6 Å². The maximum atomic E-state index is 13.1. The van der Waals surface area contributed by atoms with Crippen molar-refractivity contribution < 1.29 is 13.2 Å². The van der Waals surface area contributed by atoms with Crippen LogP contribution in [0, 0.1) is 5.92 Å². The van der Waals surface area contributed by atoms with Crippen molar-refractivity contribution >= 4 is 26.0 Å². The van der Waals surface area contributed by atoms with E-state index >= 15 is 0 Å². The van der Waals surface area contributed by atoms with Gasteiger partial charge < -0.3 is 4.74 Å². The van der Waals surface area contributed by atoms with Gasteiger partial charge in [-0.2, -0.15) is 4.31 Å². The third kappa shape index (κ3) is 4.48. The zero-order valence-electron chi connectivity index (χ0n) is 14.9. The number of benzene rings is 2. The van der Waals surface area contributed by atoms with Crippen molar-refractivity contribution in [1.29, 1.82) is 0 Å². The molecule has 0 atom stereocenters. The normalized spacial score (nSPS) is 16.5. The number of sulfonamides is 1. The standard InChI is InChI=1S/C20H24BrNO3S/c1-2-25-19-9-8-18(21)15-20(19)26(23,24)22-12-10-17(11-13-22)14-16-6-4-3-5-7-16/h3-9,15,17H,2,10-14H2,1H3. The molecule has 26 heavy (non-hydrogen) atoms. The first-order chi connectivity index (χ1) is 12.5. The maximum absolute atomic E-state index is 13.1. The first kappa shape index (κ1) is 19.4. The van der Waals surface area contributed by atoms with Gasteiger partial charge in [-0.05, 0) is 55.9 Å². The second kappa shape index (κ2) is 8.55. The van der Waals surface area contributed by atoms with Crippen LogP contribution < -0.4 is 4.74 Å². The van der Waals surface area contributed by atoms with Crippen molar-refractivity contribution in [2.24, 2.45) is 5.92 Å². The SMILES string of the molecule is CCOc1ccc(Br)cc1S(=O)(=O)N1CCC(Cc2ccccc2)CC1. The van der Waals surface area contributed by atoms with Gasteiger partial charge in [-0.15, -0.1) is 0 Å². The predicted molar refractivity (Wildman–Crippen MR) is 107 cm³/mol. The Bertz CT molecular complexity index is 831. The molecule has 4 nitrogen and oxygen atoms in total. The fraction of sp³-hybridized carbons (Fsp3) is 0.400. The average molecular weight is 438 g/mol. The summed E-state index contributed by atoms with van der Waals surface area (Å²) in [5, 5.41) is 0. The van der Waals surface area contributed by atoms with Crippen molar-refractivity contribution in [2.75, 3.05) is 19.7 Å². The third-order valence-electron chi connectivity index (χ3n) is 4.76. The van der Waals surface area contributed by atoms with Crippen LogP contribution in [0.4, 0.5) is 0 Å². The minimum absolute atomic E-state index is 0.246. The summed E-state index contributed by atoms with van der Waals surface area (Å²) in [5.41, 5.74) is 1.32. The number of piperidine rings is 1. The van der Waals surface area contributed by atoms with E-state index in [0.717, 1.165) is 23.7 Å². The van der Waals surface area contributed by atoms with Crippen molar-refractivity contribution in [3.05, 3.63) is 58.6 Å². The molecule has 1 fully saturated rings. The zero-order valence-corrected chi connectivity index (χ0v) is 17.3. The van der Waals surface area contributed by atoms with Gasteiger partial charge >= 0.3 is 0 Å². The summed E-state index contributed by atoms with van der Waals surface area (Å²) in [6.07, 6.45) is 2.77. The quantitative estimate of drug-likeness (QED) is 0.668. The topological polar surface area (TPSA) is 46.6 Å². The first-order valence-electron chi connectivity index (χ1n) is 8.97. The molecule has 0 unspecified atom stereocenters. The van der Waals surface area contributed by atoms with E-state index in [9.17, 15) is 8.42 Å². The van der Waals surface area contributed by atoms with Crippen molar-refractivity contribution in [2.45, 2.75) is 31.1 Å². The van der Waals surface area contributed by atoms with Gasteiger partial charge in [0.05, 0.1) is 6.61 Å². The highest BCUT2D eigenvalue weighted by Crippen LogP contribution is 2.32. The molecule has 0 radical (unpaired) electrons. The van der Waals surface area contributed by atoms with Crippen LogP contribution in [0.15, 0.2) is 57.9 Å². The molecular weight excluding hydrogens is 414 g/mol. The molecule has 1 aliphatic rings. The summed E-state index contributed by atoms with van der Waals surface area (Å²) >= 11 is 3.37. The molecule has 6 heteroatoms. The second-order valence-corrected chi connectivity index (χ2v) is 9.38. The Morgan fingerprint density at radius 2 is 1.81 bits per heavy atom. The molecule has 2 aromatic rings. The van der Waals surface area contributed by atoms with E-state index in [2.05, 4.69) is 40.2 Å². The highest BCUT2D eigenvalue weighted by molar-refractivity contribution is 9.10. The molecule has 0 spiro atoms. The molecule has 3 rings (SSSR count). The van der Waals surface area contributed by atoms with E-state index in [1.807, 2.05) is 13.0 Å². The molecule has 1 aliphatic heterocycles. The van der Waals surface area contributed by atoms with Gasteiger partial charge in [-0.1, -0.05) is 46.3 Å². The van der Waals surface area contributed by atoms with E-state index in [4.69, 9.17) is 4.74 Å². The lowest BCUT2D eigenvalue weighted by Crippen LogP contribution is -2.39. The largest absolute Gasteiger partial charge is 0.492 e. The van der Waals surface area contributed by atoms with Gasteiger partial charge in [-0.3, -0.25) is 0 Å². The van der Waals surface area contributed by atoms with Crippen molar-refractivity contribution in [3.63, 3.8) is 0 Å². The van der Waals surface area contributed by atoms with Crippen LogP contribution in [0.2, 0.25) is 0 Å².